The maximum absolute atomic E-state index is 12.7. The van der Waals surface area contributed by atoms with Crippen molar-refractivity contribution >= 4 is 23.2 Å². The van der Waals surface area contributed by atoms with Crippen LogP contribution in [0.1, 0.15) is 54.7 Å². The van der Waals surface area contributed by atoms with Crippen LogP contribution in [0.25, 0.3) is 0 Å². The van der Waals surface area contributed by atoms with Gasteiger partial charge in [0.15, 0.2) is 0 Å². The molecule has 26 heavy (non-hydrogen) atoms. The van der Waals surface area contributed by atoms with E-state index in [1.165, 1.54) is 4.90 Å². The number of rotatable bonds is 5. The minimum absolute atomic E-state index is 0.176. The quantitative estimate of drug-likeness (QED) is 0.772. The highest BCUT2D eigenvalue weighted by Crippen LogP contribution is 2.33. The zero-order valence-corrected chi connectivity index (χ0v) is 16.4. The molecule has 9 heteroatoms. The number of halogens is 3. The minimum Gasteiger partial charge on any atom is -0.338 e. The average molecular weight is 391 g/mol. The van der Waals surface area contributed by atoms with Crippen LogP contribution in [-0.2, 0) is 9.59 Å². The number of hydrogen-bond donors (Lipinski definition) is 0. The van der Waals surface area contributed by atoms with Gasteiger partial charge < -0.3 is 9.80 Å². The van der Waals surface area contributed by atoms with Gasteiger partial charge >= 0.3 is 6.18 Å². The van der Waals surface area contributed by atoms with Crippen molar-refractivity contribution in [2.45, 2.75) is 52.3 Å². The first-order valence-electron chi connectivity index (χ1n) is 8.49. The minimum atomic E-state index is -4.46. The summed E-state index contributed by atoms with van der Waals surface area (Å²) in [7, 11) is 1.62. The van der Waals surface area contributed by atoms with Crippen molar-refractivity contribution in [1.29, 1.82) is 0 Å². The molecule has 0 N–H and O–H groups in total. The summed E-state index contributed by atoms with van der Waals surface area (Å²) in [6.45, 7) is 6.35. The molecule has 1 aromatic rings. The van der Waals surface area contributed by atoms with Gasteiger partial charge in [-0.3, -0.25) is 9.59 Å². The normalized spacial score (nSPS) is 19.3. The van der Waals surface area contributed by atoms with E-state index >= 15 is 0 Å². The Kier molecular flexibility index (Phi) is 5.99. The van der Waals surface area contributed by atoms with Crippen LogP contribution < -0.4 is 0 Å². The molecule has 1 fully saturated rings. The Labute approximate surface area is 155 Å². The third-order valence-corrected chi connectivity index (χ3v) is 6.21. The highest BCUT2D eigenvalue weighted by Gasteiger charge is 2.42. The summed E-state index contributed by atoms with van der Waals surface area (Å²) in [6.07, 6.45) is -4.63. The van der Waals surface area contributed by atoms with Crippen LogP contribution in [0.2, 0.25) is 0 Å². The standard InChI is InChI=1S/C17H24F3N3O2S/c1-9(2)15-21-10(3)14(26-15)11(4)22(5)16(25)12-6-13(24)23(7-12)8-17(18,19)20/h9,11-12H,6-8H2,1-5H3/t11-,12-/m0/s1. The number of amides is 2. The van der Waals surface area contributed by atoms with E-state index in [0.29, 0.717) is 0 Å². The van der Waals surface area contributed by atoms with E-state index in [1.54, 1.807) is 18.4 Å². The first-order chi connectivity index (χ1) is 11.9. The third kappa shape index (κ3) is 4.55. The molecule has 0 aromatic carbocycles. The van der Waals surface area contributed by atoms with E-state index in [1.807, 2.05) is 27.7 Å². The van der Waals surface area contributed by atoms with Gasteiger partial charge in [0.2, 0.25) is 11.8 Å². The van der Waals surface area contributed by atoms with Crippen molar-refractivity contribution in [3.63, 3.8) is 0 Å². The van der Waals surface area contributed by atoms with Crippen LogP contribution in [0.3, 0.4) is 0 Å². The molecule has 146 valence electrons. The second kappa shape index (κ2) is 7.54. The van der Waals surface area contributed by atoms with Gasteiger partial charge in [0.1, 0.15) is 6.54 Å². The molecule has 2 atom stereocenters. The molecule has 0 aliphatic carbocycles. The molecule has 1 aliphatic rings. The lowest BCUT2D eigenvalue weighted by molar-refractivity contribution is -0.157. The number of aryl methyl sites for hydroxylation is 1. The van der Waals surface area contributed by atoms with Gasteiger partial charge in [-0.15, -0.1) is 11.3 Å². The first-order valence-corrected chi connectivity index (χ1v) is 9.30. The predicted molar refractivity (Wildman–Crippen MR) is 92.9 cm³/mol. The number of alkyl halides is 3. The maximum atomic E-state index is 12.7. The number of nitrogens with zero attached hydrogens (tertiary/aromatic N) is 3. The van der Waals surface area contributed by atoms with Gasteiger partial charge in [0.25, 0.3) is 0 Å². The van der Waals surface area contributed by atoms with Crippen molar-refractivity contribution in [1.82, 2.24) is 14.8 Å². The molecule has 2 rings (SSSR count). The summed E-state index contributed by atoms with van der Waals surface area (Å²) in [5.41, 5.74) is 0.854. The van der Waals surface area contributed by atoms with Crippen molar-refractivity contribution < 1.29 is 22.8 Å². The highest BCUT2D eigenvalue weighted by molar-refractivity contribution is 7.11. The molecular formula is C17H24F3N3O2S. The van der Waals surface area contributed by atoms with E-state index in [4.69, 9.17) is 0 Å². The maximum Gasteiger partial charge on any atom is 0.406 e. The van der Waals surface area contributed by atoms with Gasteiger partial charge in [-0.1, -0.05) is 13.8 Å². The lowest BCUT2D eigenvalue weighted by Gasteiger charge is -2.27. The summed E-state index contributed by atoms with van der Waals surface area (Å²) in [5.74, 6) is -1.40. The molecular weight excluding hydrogens is 367 g/mol. The Hall–Kier alpha value is -1.64. The van der Waals surface area contributed by atoms with Crippen molar-refractivity contribution in [2.24, 2.45) is 5.92 Å². The lowest BCUT2D eigenvalue weighted by atomic mass is 10.1. The molecule has 5 nitrogen and oxygen atoms in total. The van der Waals surface area contributed by atoms with Crippen molar-refractivity contribution in [3.8, 4) is 0 Å². The second-order valence-corrected chi connectivity index (χ2v) is 8.13. The monoisotopic (exact) mass is 391 g/mol. The van der Waals surface area contributed by atoms with E-state index in [-0.39, 0.29) is 30.8 Å². The number of aromatic nitrogens is 1. The first kappa shape index (κ1) is 20.7. The largest absolute Gasteiger partial charge is 0.406 e. The molecule has 2 heterocycles. The Morgan fingerprint density at radius 2 is 2.00 bits per heavy atom. The molecule has 0 unspecified atom stereocenters. The molecule has 1 saturated heterocycles. The topological polar surface area (TPSA) is 53.5 Å². The summed E-state index contributed by atoms with van der Waals surface area (Å²) in [5, 5.41) is 0.984. The van der Waals surface area contributed by atoms with E-state index in [0.717, 1.165) is 20.5 Å². The fourth-order valence-corrected chi connectivity index (χ4v) is 4.19. The number of carbonyl (C=O) groups is 2. The lowest BCUT2D eigenvalue weighted by Crippen LogP contribution is -2.38. The molecule has 0 radical (unpaired) electrons. The predicted octanol–water partition coefficient (Wildman–Crippen LogP) is 3.51. The van der Waals surface area contributed by atoms with Crippen LogP contribution in [0, 0.1) is 12.8 Å². The Morgan fingerprint density at radius 1 is 1.38 bits per heavy atom. The Balaban J connectivity index is 2.08. The van der Waals surface area contributed by atoms with Gasteiger partial charge in [0, 0.05) is 30.8 Å². The Morgan fingerprint density at radius 3 is 2.50 bits per heavy atom. The number of thiazole rings is 1. The second-order valence-electron chi connectivity index (χ2n) is 7.07. The van der Waals surface area contributed by atoms with Crippen molar-refractivity contribution in [2.75, 3.05) is 20.1 Å². The molecule has 1 aliphatic heterocycles. The van der Waals surface area contributed by atoms with E-state index in [2.05, 4.69) is 4.98 Å². The molecule has 2 amide bonds. The highest BCUT2D eigenvalue weighted by atomic mass is 32.1. The SMILES string of the molecule is Cc1nc(C(C)C)sc1[C@H](C)N(C)C(=O)[C@H]1CC(=O)N(CC(F)(F)F)C1. The third-order valence-electron chi connectivity index (χ3n) is 4.58. The molecule has 1 aromatic heterocycles. The molecule has 0 saturated carbocycles. The van der Waals surface area contributed by atoms with Gasteiger partial charge in [-0.05, 0) is 13.8 Å². The van der Waals surface area contributed by atoms with Crippen LogP contribution >= 0.6 is 11.3 Å². The number of carbonyl (C=O) groups excluding carboxylic acids is 2. The van der Waals surface area contributed by atoms with E-state index < -0.39 is 24.5 Å². The van der Waals surface area contributed by atoms with Gasteiger partial charge in [0.05, 0.1) is 22.7 Å². The summed E-state index contributed by atoms with van der Waals surface area (Å²) < 4.78 is 37.6. The van der Waals surface area contributed by atoms with Crippen molar-refractivity contribution in [3.05, 3.63) is 15.6 Å². The molecule has 0 bridgehead atoms. The van der Waals surface area contributed by atoms with Crippen LogP contribution in [0.5, 0.6) is 0 Å². The summed E-state index contributed by atoms with van der Waals surface area (Å²) >= 11 is 1.54. The average Bonchev–Trinajstić information content (AvgIpc) is 3.07. The summed E-state index contributed by atoms with van der Waals surface area (Å²) in [6, 6.07) is -0.251. The summed E-state index contributed by atoms with van der Waals surface area (Å²) in [4.78, 5) is 32.2. The number of hydrogen-bond acceptors (Lipinski definition) is 4. The smallest absolute Gasteiger partial charge is 0.338 e. The number of likely N-dealkylation sites (tertiary alicyclic amines) is 1. The van der Waals surface area contributed by atoms with Gasteiger partial charge in [-0.25, -0.2) is 4.98 Å². The molecule has 0 spiro atoms. The fourth-order valence-electron chi connectivity index (χ4n) is 3.03. The van der Waals surface area contributed by atoms with Crippen LogP contribution in [-0.4, -0.2) is 52.9 Å². The Bertz CT molecular complexity index is 687. The van der Waals surface area contributed by atoms with Crippen LogP contribution in [0.4, 0.5) is 13.2 Å². The zero-order valence-electron chi connectivity index (χ0n) is 15.6. The zero-order chi connectivity index (χ0) is 19.8. The fraction of sp³-hybridized carbons (Fsp3) is 0.706. The van der Waals surface area contributed by atoms with Gasteiger partial charge in [-0.2, -0.15) is 13.2 Å². The van der Waals surface area contributed by atoms with E-state index in [9.17, 15) is 22.8 Å². The van der Waals surface area contributed by atoms with Crippen LogP contribution in [0.15, 0.2) is 0 Å².